The number of benzene rings is 1. The molecule has 1 aromatic carbocycles. The minimum absolute atomic E-state index is 0.436. The summed E-state index contributed by atoms with van der Waals surface area (Å²) in [5.74, 6) is 3.75. The summed E-state index contributed by atoms with van der Waals surface area (Å²) in [6.07, 6.45) is 7.95. The minimum atomic E-state index is 0.436. The first-order valence-electron chi connectivity index (χ1n) is 11.7. The van der Waals surface area contributed by atoms with Gasteiger partial charge in [0, 0.05) is 11.3 Å². The maximum Gasteiger partial charge on any atom is 0.239 e. The Morgan fingerprint density at radius 3 is 2.35 bits per heavy atom. The quantitative estimate of drug-likeness (QED) is 0.364. The zero-order valence-corrected chi connectivity index (χ0v) is 21.1. The Hall–Kier alpha value is -2.94. The highest BCUT2D eigenvalue weighted by atomic mass is 32.2. The van der Waals surface area contributed by atoms with Crippen LogP contribution in [0.15, 0.2) is 36.4 Å². The van der Waals surface area contributed by atoms with Crippen LogP contribution in [-0.4, -0.2) is 46.3 Å². The second kappa shape index (κ2) is 11.5. The largest absolute Gasteiger partial charge is 0.494 e. The predicted molar refractivity (Wildman–Crippen MR) is 136 cm³/mol. The number of anilines is 1. The first-order valence-corrected chi connectivity index (χ1v) is 12.6. The van der Waals surface area contributed by atoms with Gasteiger partial charge in [-0.3, -0.25) is 9.29 Å². The number of nitrogens with zero attached hydrogens (tertiary/aromatic N) is 4. The number of nitrogens with one attached hydrogen (secondary N) is 1. The van der Waals surface area contributed by atoms with Gasteiger partial charge in [-0.25, -0.2) is 4.98 Å². The van der Waals surface area contributed by atoms with Crippen LogP contribution < -0.4 is 18.9 Å². The number of para-hydroxylation sites is 1. The molecule has 0 aliphatic heterocycles. The molecule has 34 heavy (non-hydrogen) atoms. The monoisotopic (exact) mass is 483 g/mol. The number of pyridine rings is 1. The van der Waals surface area contributed by atoms with Crippen LogP contribution in [0.3, 0.4) is 0 Å². The molecule has 8 nitrogen and oxygen atoms in total. The molecule has 1 unspecified atom stereocenters. The van der Waals surface area contributed by atoms with Crippen LogP contribution in [0.25, 0.3) is 17.2 Å². The lowest BCUT2D eigenvalue weighted by Crippen LogP contribution is -2.14. The summed E-state index contributed by atoms with van der Waals surface area (Å²) in [7, 11) is 4.87. The average Bonchev–Trinajstić information content (AvgIpc) is 3.31. The van der Waals surface area contributed by atoms with E-state index in [1.165, 1.54) is 38.5 Å². The van der Waals surface area contributed by atoms with Gasteiger partial charge in [0.2, 0.25) is 11.8 Å². The van der Waals surface area contributed by atoms with Crippen LogP contribution in [-0.2, 0) is 0 Å². The van der Waals surface area contributed by atoms with E-state index in [9.17, 15) is 0 Å². The SMILES string of the molecule is COc1cccc(-c2nnc(NSC(C)CC3CCCCC3)n2-c2c(OC)cccc2OC)n1. The molecule has 182 valence electrons. The Morgan fingerprint density at radius 1 is 0.971 bits per heavy atom. The highest BCUT2D eigenvalue weighted by molar-refractivity contribution is 8.01. The molecule has 9 heteroatoms. The lowest BCUT2D eigenvalue weighted by Gasteiger charge is -2.24. The van der Waals surface area contributed by atoms with Crippen LogP contribution in [0, 0.1) is 5.92 Å². The average molecular weight is 484 g/mol. The van der Waals surface area contributed by atoms with Crippen LogP contribution in [0.2, 0.25) is 0 Å². The Balaban J connectivity index is 1.69. The van der Waals surface area contributed by atoms with E-state index in [0.29, 0.717) is 45.8 Å². The number of hydrogen-bond donors (Lipinski definition) is 1. The summed E-state index contributed by atoms with van der Waals surface area (Å²) in [5, 5.41) is 9.41. The van der Waals surface area contributed by atoms with Crippen LogP contribution in [0.1, 0.15) is 45.4 Å². The van der Waals surface area contributed by atoms with Crippen molar-refractivity contribution in [2.45, 2.75) is 50.7 Å². The second-order valence-corrected chi connectivity index (χ2v) is 9.77. The highest BCUT2D eigenvalue weighted by Crippen LogP contribution is 2.38. The number of methoxy groups -OCH3 is 3. The van der Waals surface area contributed by atoms with Gasteiger partial charge in [-0.15, -0.1) is 10.2 Å². The van der Waals surface area contributed by atoms with Crippen molar-refractivity contribution in [3.8, 4) is 34.6 Å². The van der Waals surface area contributed by atoms with Gasteiger partial charge in [-0.05, 0) is 42.5 Å². The van der Waals surface area contributed by atoms with E-state index in [2.05, 4.69) is 26.8 Å². The molecule has 1 aliphatic rings. The first-order chi connectivity index (χ1) is 16.6. The Kier molecular flexibility index (Phi) is 8.16. The lowest BCUT2D eigenvalue weighted by atomic mass is 9.86. The molecule has 0 bridgehead atoms. The topological polar surface area (TPSA) is 83.3 Å². The van der Waals surface area contributed by atoms with Crippen molar-refractivity contribution in [3.05, 3.63) is 36.4 Å². The molecular formula is C25H33N5O3S. The van der Waals surface area contributed by atoms with Gasteiger partial charge in [0.15, 0.2) is 5.82 Å². The summed E-state index contributed by atoms with van der Waals surface area (Å²) in [5.41, 5.74) is 1.34. The standard InChI is InChI=1S/C25H33N5O3S/c1-17(16-18-10-6-5-7-11-18)34-29-25-28-27-24(19-12-8-15-22(26-19)33-4)30(25)23-20(31-2)13-9-14-21(23)32-3/h8-9,12-15,17-18H,5-7,10-11,16H2,1-4H3,(H,28,29). The van der Waals surface area contributed by atoms with E-state index in [4.69, 9.17) is 14.2 Å². The zero-order valence-electron chi connectivity index (χ0n) is 20.3. The van der Waals surface area contributed by atoms with Crippen molar-refractivity contribution in [1.82, 2.24) is 19.7 Å². The van der Waals surface area contributed by atoms with Crippen molar-refractivity contribution in [3.63, 3.8) is 0 Å². The molecule has 1 fully saturated rings. The molecule has 1 aliphatic carbocycles. The molecule has 1 N–H and O–H groups in total. The van der Waals surface area contributed by atoms with Crippen LogP contribution >= 0.6 is 11.9 Å². The zero-order chi connectivity index (χ0) is 23.9. The normalized spacial score (nSPS) is 15.1. The summed E-state index contributed by atoms with van der Waals surface area (Å²) in [6.45, 7) is 2.27. The first kappa shape index (κ1) is 24.2. The van der Waals surface area contributed by atoms with Gasteiger partial charge >= 0.3 is 0 Å². The van der Waals surface area contributed by atoms with E-state index in [-0.39, 0.29) is 0 Å². The third-order valence-corrected chi connectivity index (χ3v) is 7.09. The summed E-state index contributed by atoms with van der Waals surface area (Å²) >= 11 is 1.68. The van der Waals surface area contributed by atoms with Gasteiger partial charge in [0.1, 0.15) is 22.9 Å². The number of hydrogen-bond acceptors (Lipinski definition) is 8. The Bertz CT molecular complexity index is 1060. The maximum absolute atomic E-state index is 5.69. The molecule has 1 saturated carbocycles. The molecule has 1 atom stereocenters. The number of aromatic nitrogens is 4. The smallest absolute Gasteiger partial charge is 0.239 e. The van der Waals surface area contributed by atoms with Crippen molar-refractivity contribution < 1.29 is 14.2 Å². The van der Waals surface area contributed by atoms with E-state index in [1.54, 1.807) is 39.3 Å². The fourth-order valence-corrected chi connectivity index (χ4v) is 5.33. The van der Waals surface area contributed by atoms with Gasteiger partial charge in [0.25, 0.3) is 0 Å². The van der Waals surface area contributed by atoms with Crippen LogP contribution in [0.4, 0.5) is 5.95 Å². The molecule has 0 saturated heterocycles. The third-order valence-electron chi connectivity index (χ3n) is 6.19. The number of rotatable bonds is 10. The van der Waals surface area contributed by atoms with Crippen molar-refractivity contribution in [1.29, 1.82) is 0 Å². The van der Waals surface area contributed by atoms with Crippen molar-refractivity contribution in [2.24, 2.45) is 5.92 Å². The molecule has 3 aromatic rings. The molecule has 0 amide bonds. The summed E-state index contributed by atoms with van der Waals surface area (Å²) in [4.78, 5) is 4.58. The molecule has 0 spiro atoms. The minimum Gasteiger partial charge on any atom is -0.494 e. The van der Waals surface area contributed by atoms with Gasteiger partial charge in [0.05, 0.1) is 21.3 Å². The van der Waals surface area contributed by atoms with E-state index in [0.717, 1.165) is 5.92 Å². The molecule has 2 aromatic heterocycles. The fraction of sp³-hybridized carbons (Fsp3) is 0.480. The fourth-order valence-electron chi connectivity index (χ4n) is 4.53. The number of ether oxygens (including phenoxy) is 3. The van der Waals surface area contributed by atoms with Gasteiger partial charge < -0.3 is 14.2 Å². The highest BCUT2D eigenvalue weighted by Gasteiger charge is 2.24. The van der Waals surface area contributed by atoms with E-state index < -0.39 is 0 Å². The Labute approximate surface area is 205 Å². The molecular weight excluding hydrogens is 450 g/mol. The molecule has 0 radical (unpaired) electrons. The van der Waals surface area contributed by atoms with Gasteiger partial charge in [-0.2, -0.15) is 0 Å². The van der Waals surface area contributed by atoms with Crippen molar-refractivity contribution >= 4 is 17.9 Å². The summed E-state index contributed by atoms with van der Waals surface area (Å²) < 4.78 is 22.1. The third kappa shape index (κ3) is 5.41. The lowest BCUT2D eigenvalue weighted by molar-refractivity contribution is 0.339. The van der Waals surface area contributed by atoms with E-state index in [1.807, 2.05) is 34.9 Å². The summed E-state index contributed by atoms with van der Waals surface area (Å²) in [6, 6.07) is 11.2. The van der Waals surface area contributed by atoms with Crippen LogP contribution in [0.5, 0.6) is 17.4 Å². The van der Waals surface area contributed by atoms with E-state index >= 15 is 0 Å². The maximum atomic E-state index is 5.69. The van der Waals surface area contributed by atoms with Gasteiger partial charge in [-0.1, -0.05) is 51.2 Å². The second-order valence-electron chi connectivity index (χ2n) is 8.53. The molecule has 4 rings (SSSR count). The Morgan fingerprint density at radius 2 is 1.68 bits per heavy atom. The van der Waals surface area contributed by atoms with Crippen molar-refractivity contribution in [2.75, 3.05) is 26.1 Å². The molecule has 2 heterocycles. The predicted octanol–water partition coefficient (Wildman–Crippen LogP) is 5.77.